The van der Waals surface area contributed by atoms with Gasteiger partial charge in [0.1, 0.15) is 5.00 Å². The molecule has 3 aromatic rings. The number of hydrogen-bond donors (Lipinski definition) is 1. The van der Waals surface area contributed by atoms with Crippen molar-refractivity contribution >= 4 is 39.0 Å². The molecule has 0 bridgehead atoms. The Hall–Kier alpha value is -3.00. The zero-order chi connectivity index (χ0) is 20.4. The highest BCUT2D eigenvalue weighted by molar-refractivity contribution is 7.16. The predicted molar refractivity (Wildman–Crippen MR) is 109 cm³/mol. The highest BCUT2D eigenvalue weighted by atomic mass is 32.1. The lowest BCUT2D eigenvalue weighted by Crippen LogP contribution is -2.26. The van der Waals surface area contributed by atoms with Crippen LogP contribution in [0.3, 0.4) is 0 Å². The van der Waals surface area contributed by atoms with Crippen LogP contribution in [0.1, 0.15) is 36.8 Å². The average molecular weight is 399 g/mol. The summed E-state index contributed by atoms with van der Waals surface area (Å²) in [7, 11) is 0. The number of rotatable bonds is 5. The number of fused-ring (bicyclic) bond motifs is 1. The monoisotopic (exact) mass is 399 g/mol. The number of esters is 1. The van der Waals surface area contributed by atoms with Crippen LogP contribution in [0.25, 0.3) is 16.5 Å². The second-order valence-electron chi connectivity index (χ2n) is 6.62. The number of aromatic nitrogens is 2. The minimum Gasteiger partial charge on any atom is -0.461 e. The van der Waals surface area contributed by atoms with E-state index in [1.807, 2.05) is 19.1 Å². The van der Waals surface area contributed by atoms with E-state index in [2.05, 4.69) is 10.4 Å². The number of thiophene rings is 1. The molecule has 28 heavy (non-hydrogen) atoms. The van der Waals surface area contributed by atoms with E-state index in [-0.39, 0.29) is 29.5 Å². The third kappa shape index (κ3) is 3.68. The molecule has 0 saturated carbocycles. The number of nitrogens with one attached hydrogen (secondary N) is 1. The molecular weight excluding hydrogens is 378 g/mol. The molecule has 0 fully saturated rings. The van der Waals surface area contributed by atoms with Crippen LogP contribution in [-0.2, 0) is 9.53 Å². The third-order valence-electron chi connectivity index (χ3n) is 4.13. The van der Waals surface area contributed by atoms with E-state index in [9.17, 15) is 14.4 Å². The van der Waals surface area contributed by atoms with Gasteiger partial charge >= 0.3 is 5.97 Å². The second-order valence-corrected chi connectivity index (χ2v) is 7.50. The molecule has 1 amide bonds. The van der Waals surface area contributed by atoms with Crippen molar-refractivity contribution in [2.24, 2.45) is 5.92 Å². The van der Waals surface area contributed by atoms with Gasteiger partial charge in [-0.25, -0.2) is 4.79 Å². The van der Waals surface area contributed by atoms with E-state index < -0.39 is 11.5 Å². The van der Waals surface area contributed by atoms with Crippen LogP contribution in [0.5, 0.6) is 0 Å². The maximum Gasteiger partial charge on any atom is 0.359 e. The first-order chi connectivity index (χ1) is 13.3. The largest absolute Gasteiger partial charge is 0.461 e. The molecule has 0 radical (unpaired) electrons. The summed E-state index contributed by atoms with van der Waals surface area (Å²) in [6, 6.07) is 7.25. The van der Waals surface area contributed by atoms with Crippen LogP contribution >= 0.6 is 11.3 Å². The minimum atomic E-state index is -0.617. The molecule has 0 spiro atoms. The summed E-state index contributed by atoms with van der Waals surface area (Å²) in [6.07, 6.45) is 0. The first kappa shape index (κ1) is 19.8. The molecule has 0 atom stereocenters. The SMILES string of the molecule is CCOC(=O)c1nn(-c2cccc(C)c2)c(=O)c2c(NC(=O)C(C)C)scc12. The Kier molecular flexibility index (Phi) is 5.60. The highest BCUT2D eigenvalue weighted by Crippen LogP contribution is 2.31. The van der Waals surface area contributed by atoms with Crippen molar-refractivity contribution in [1.29, 1.82) is 0 Å². The lowest BCUT2D eigenvalue weighted by molar-refractivity contribution is -0.118. The van der Waals surface area contributed by atoms with Crippen molar-refractivity contribution in [2.45, 2.75) is 27.7 Å². The van der Waals surface area contributed by atoms with Crippen molar-refractivity contribution in [3.05, 3.63) is 51.3 Å². The Morgan fingerprint density at radius 1 is 1.32 bits per heavy atom. The number of aryl methyl sites for hydroxylation is 1. The van der Waals surface area contributed by atoms with Gasteiger partial charge in [0.05, 0.1) is 17.7 Å². The molecular formula is C20H21N3O4S. The summed E-state index contributed by atoms with van der Waals surface area (Å²) in [5, 5.41) is 9.72. The van der Waals surface area contributed by atoms with Gasteiger partial charge in [0.15, 0.2) is 5.69 Å². The molecule has 8 heteroatoms. The van der Waals surface area contributed by atoms with Crippen molar-refractivity contribution < 1.29 is 14.3 Å². The molecule has 0 aliphatic heterocycles. The van der Waals surface area contributed by atoms with E-state index in [4.69, 9.17) is 4.74 Å². The molecule has 3 rings (SSSR count). The van der Waals surface area contributed by atoms with E-state index in [0.717, 1.165) is 5.56 Å². The fraction of sp³-hybridized carbons (Fsp3) is 0.300. The maximum atomic E-state index is 13.2. The molecule has 1 aromatic carbocycles. The molecule has 0 saturated heterocycles. The molecule has 0 aliphatic rings. The number of ether oxygens (including phenoxy) is 1. The fourth-order valence-electron chi connectivity index (χ4n) is 2.68. The Balaban J connectivity index is 2.29. The predicted octanol–water partition coefficient (Wildman–Crippen LogP) is 3.53. The average Bonchev–Trinajstić information content (AvgIpc) is 3.06. The Morgan fingerprint density at radius 3 is 2.71 bits per heavy atom. The first-order valence-corrected chi connectivity index (χ1v) is 9.81. The van der Waals surface area contributed by atoms with Gasteiger partial charge < -0.3 is 10.1 Å². The van der Waals surface area contributed by atoms with Crippen molar-refractivity contribution in [3.63, 3.8) is 0 Å². The summed E-state index contributed by atoms with van der Waals surface area (Å²) >= 11 is 1.19. The number of nitrogens with zero attached hydrogens (tertiary/aromatic N) is 2. The van der Waals surface area contributed by atoms with Gasteiger partial charge in [-0.05, 0) is 31.5 Å². The number of anilines is 1. The molecule has 7 nitrogen and oxygen atoms in total. The van der Waals surface area contributed by atoms with E-state index in [1.165, 1.54) is 16.0 Å². The standard InChI is InChI=1S/C20H21N3O4S/c1-5-27-20(26)16-14-10-28-18(21-17(24)11(2)3)15(14)19(25)23(22-16)13-8-6-7-12(4)9-13/h6-11H,5H2,1-4H3,(H,21,24). The fourth-order valence-corrected chi connectivity index (χ4v) is 3.62. The third-order valence-corrected chi connectivity index (χ3v) is 5.02. The second kappa shape index (κ2) is 7.93. The molecule has 146 valence electrons. The van der Waals surface area contributed by atoms with E-state index >= 15 is 0 Å². The van der Waals surface area contributed by atoms with Crippen LogP contribution in [0, 0.1) is 12.8 Å². The Labute approximate surface area is 165 Å². The summed E-state index contributed by atoms with van der Waals surface area (Å²) in [4.78, 5) is 37.9. The topological polar surface area (TPSA) is 90.3 Å². The van der Waals surface area contributed by atoms with Gasteiger partial charge in [-0.15, -0.1) is 11.3 Å². The number of amides is 1. The van der Waals surface area contributed by atoms with Gasteiger partial charge in [-0.1, -0.05) is 26.0 Å². The smallest absolute Gasteiger partial charge is 0.359 e. The molecule has 0 aliphatic carbocycles. The van der Waals surface area contributed by atoms with Gasteiger partial charge in [0.25, 0.3) is 5.56 Å². The lowest BCUT2D eigenvalue weighted by Gasteiger charge is -2.11. The quantitative estimate of drug-likeness (QED) is 0.663. The molecule has 2 aromatic heterocycles. The van der Waals surface area contributed by atoms with Gasteiger partial charge in [-0.2, -0.15) is 9.78 Å². The minimum absolute atomic E-state index is 0.0410. The van der Waals surface area contributed by atoms with Gasteiger partial charge in [0.2, 0.25) is 5.91 Å². The molecule has 2 heterocycles. The van der Waals surface area contributed by atoms with Crippen LogP contribution in [0.2, 0.25) is 0 Å². The summed E-state index contributed by atoms with van der Waals surface area (Å²) in [5.74, 6) is -1.07. The van der Waals surface area contributed by atoms with E-state index in [1.54, 1.807) is 38.3 Å². The summed E-state index contributed by atoms with van der Waals surface area (Å²) in [5.41, 5.74) is 1.11. The Morgan fingerprint density at radius 2 is 2.07 bits per heavy atom. The zero-order valence-corrected chi connectivity index (χ0v) is 16.9. The lowest BCUT2D eigenvalue weighted by atomic mass is 10.2. The normalized spacial score (nSPS) is 11.0. The molecule has 1 N–H and O–H groups in total. The maximum absolute atomic E-state index is 13.2. The van der Waals surface area contributed by atoms with Crippen LogP contribution in [0.15, 0.2) is 34.4 Å². The summed E-state index contributed by atoms with van der Waals surface area (Å²) < 4.78 is 6.30. The number of hydrogen-bond acceptors (Lipinski definition) is 6. The highest BCUT2D eigenvalue weighted by Gasteiger charge is 2.23. The number of carbonyl (C=O) groups is 2. The van der Waals surface area contributed by atoms with Gasteiger partial charge in [-0.3, -0.25) is 9.59 Å². The van der Waals surface area contributed by atoms with Crippen LogP contribution in [0.4, 0.5) is 5.00 Å². The van der Waals surface area contributed by atoms with E-state index in [0.29, 0.717) is 16.1 Å². The number of benzene rings is 1. The van der Waals surface area contributed by atoms with Crippen molar-refractivity contribution in [1.82, 2.24) is 9.78 Å². The van der Waals surface area contributed by atoms with Crippen LogP contribution < -0.4 is 10.9 Å². The zero-order valence-electron chi connectivity index (χ0n) is 16.1. The Bertz CT molecular complexity index is 1110. The van der Waals surface area contributed by atoms with Crippen molar-refractivity contribution in [3.8, 4) is 5.69 Å². The van der Waals surface area contributed by atoms with Gasteiger partial charge in [0, 0.05) is 16.7 Å². The summed E-state index contributed by atoms with van der Waals surface area (Å²) in [6.45, 7) is 7.32. The first-order valence-electron chi connectivity index (χ1n) is 8.93. The molecule has 0 unspecified atom stereocenters. The van der Waals surface area contributed by atoms with Crippen molar-refractivity contribution in [2.75, 3.05) is 11.9 Å². The number of carbonyl (C=O) groups excluding carboxylic acids is 2. The van der Waals surface area contributed by atoms with Crippen LogP contribution in [-0.4, -0.2) is 28.3 Å².